The fourth-order valence-electron chi connectivity index (χ4n) is 1.49. The van der Waals surface area contributed by atoms with Gasteiger partial charge in [0.2, 0.25) is 0 Å². The summed E-state index contributed by atoms with van der Waals surface area (Å²) in [7, 11) is 0. The summed E-state index contributed by atoms with van der Waals surface area (Å²) in [5, 5.41) is 3.19. The third kappa shape index (κ3) is 2.49. The molecule has 1 aliphatic heterocycles. The van der Waals surface area contributed by atoms with Crippen molar-refractivity contribution in [3.8, 4) is 0 Å². The van der Waals surface area contributed by atoms with Gasteiger partial charge in [0.05, 0.1) is 13.2 Å². The van der Waals surface area contributed by atoms with Crippen LogP contribution in [0.1, 0.15) is 23.2 Å². The fraction of sp³-hybridized carbons (Fsp3) is 0.556. The van der Waals surface area contributed by atoms with Crippen molar-refractivity contribution in [2.75, 3.05) is 13.2 Å². The summed E-state index contributed by atoms with van der Waals surface area (Å²) in [5.41, 5.74) is 0.408. The molecule has 84 valence electrons. The third-order valence-corrected chi connectivity index (χ3v) is 2.16. The van der Waals surface area contributed by atoms with Gasteiger partial charge in [0.25, 0.3) is 0 Å². The Bertz CT molecular complexity index is 328. The lowest BCUT2D eigenvalue weighted by molar-refractivity contribution is 0.0520. The van der Waals surface area contributed by atoms with E-state index in [-0.39, 0.29) is 18.4 Å². The van der Waals surface area contributed by atoms with Crippen LogP contribution >= 0.6 is 12.4 Å². The number of fused-ring (bicyclic) bond motifs is 1. The molecule has 2 rings (SSSR count). The largest absolute Gasteiger partial charge is 0.461 e. The lowest BCUT2D eigenvalue weighted by Crippen LogP contribution is -2.27. The predicted molar refractivity (Wildman–Crippen MR) is 57.1 cm³/mol. The van der Waals surface area contributed by atoms with E-state index in [4.69, 9.17) is 4.74 Å². The van der Waals surface area contributed by atoms with Gasteiger partial charge in [-0.05, 0) is 6.92 Å². The molecule has 0 unspecified atom stereocenters. The first kappa shape index (κ1) is 12.0. The molecule has 0 atom stereocenters. The molecule has 1 aromatic rings. The minimum Gasteiger partial charge on any atom is -0.461 e. The van der Waals surface area contributed by atoms with Gasteiger partial charge in [-0.3, -0.25) is 0 Å². The van der Waals surface area contributed by atoms with Crippen molar-refractivity contribution in [2.24, 2.45) is 0 Å². The van der Waals surface area contributed by atoms with E-state index in [1.807, 2.05) is 4.57 Å². The Balaban J connectivity index is 0.00000112. The van der Waals surface area contributed by atoms with Crippen LogP contribution in [-0.4, -0.2) is 28.7 Å². The van der Waals surface area contributed by atoms with Gasteiger partial charge in [0.1, 0.15) is 5.82 Å². The van der Waals surface area contributed by atoms with Gasteiger partial charge in [0.15, 0.2) is 5.69 Å². The number of carbonyl (C=O) groups excluding carboxylic acids is 1. The summed E-state index contributed by atoms with van der Waals surface area (Å²) < 4.78 is 6.86. The number of esters is 1. The van der Waals surface area contributed by atoms with Crippen LogP contribution in [0.3, 0.4) is 0 Å². The van der Waals surface area contributed by atoms with Gasteiger partial charge in [-0.1, -0.05) is 0 Å². The maximum atomic E-state index is 11.3. The summed E-state index contributed by atoms with van der Waals surface area (Å²) in [6.45, 7) is 4.68. The molecule has 1 aliphatic rings. The third-order valence-electron chi connectivity index (χ3n) is 2.16. The first-order chi connectivity index (χ1) is 6.81. The number of rotatable bonds is 2. The molecule has 0 aromatic carbocycles. The molecular formula is C9H14ClN3O2. The molecule has 0 saturated carbocycles. The molecule has 0 spiro atoms. The molecule has 0 amide bonds. The Kier molecular flexibility index (Phi) is 4.11. The van der Waals surface area contributed by atoms with Gasteiger partial charge in [-0.25, -0.2) is 9.78 Å². The minimum absolute atomic E-state index is 0. The number of carbonyl (C=O) groups is 1. The molecule has 2 heterocycles. The average Bonchev–Trinajstić information content (AvgIpc) is 2.61. The summed E-state index contributed by atoms with van der Waals surface area (Å²) in [5.74, 6) is 0.564. The fourth-order valence-corrected chi connectivity index (χ4v) is 1.49. The number of halogens is 1. The zero-order valence-corrected chi connectivity index (χ0v) is 9.34. The van der Waals surface area contributed by atoms with E-state index in [1.54, 1.807) is 13.1 Å². The van der Waals surface area contributed by atoms with E-state index in [0.717, 1.165) is 25.5 Å². The lowest BCUT2D eigenvalue weighted by Gasteiger charge is -2.13. The number of imidazole rings is 1. The quantitative estimate of drug-likeness (QED) is 0.757. The highest BCUT2D eigenvalue weighted by Crippen LogP contribution is 2.07. The SMILES string of the molecule is CCOC(=O)c1cn2c(n1)CNCC2.Cl. The molecule has 15 heavy (non-hydrogen) atoms. The monoisotopic (exact) mass is 231 g/mol. The zero-order chi connectivity index (χ0) is 9.97. The van der Waals surface area contributed by atoms with Gasteiger partial charge in [-0.2, -0.15) is 0 Å². The van der Waals surface area contributed by atoms with Crippen LogP contribution in [0.4, 0.5) is 0 Å². The second kappa shape index (κ2) is 5.14. The number of aromatic nitrogens is 2. The topological polar surface area (TPSA) is 56.2 Å². The molecule has 1 aromatic heterocycles. The highest BCUT2D eigenvalue weighted by molar-refractivity contribution is 5.87. The summed E-state index contributed by atoms with van der Waals surface area (Å²) in [6.07, 6.45) is 1.76. The Labute approximate surface area is 94.2 Å². The molecule has 0 radical (unpaired) electrons. The Morgan fingerprint density at radius 2 is 2.53 bits per heavy atom. The average molecular weight is 232 g/mol. The van der Waals surface area contributed by atoms with Gasteiger partial charge < -0.3 is 14.6 Å². The highest BCUT2D eigenvalue weighted by atomic mass is 35.5. The molecule has 0 fully saturated rings. The number of nitrogens with zero attached hydrogens (tertiary/aromatic N) is 2. The van der Waals surface area contributed by atoms with Crippen LogP contribution in [0.2, 0.25) is 0 Å². The van der Waals surface area contributed by atoms with Crippen LogP contribution in [0.15, 0.2) is 6.20 Å². The molecule has 0 saturated heterocycles. The number of hydrogen-bond acceptors (Lipinski definition) is 4. The molecule has 5 nitrogen and oxygen atoms in total. The van der Waals surface area contributed by atoms with E-state index >= 15 is 0 Å². The second-order valence-corrected chi connectivity index (χ2v) is 3.13. The number of ether oxygens (including phenoxy) is 1. The van der Waals surface area contributed by atoms with Gasteiger partial charge in [0, 0.05) is 19.3 Å². The van der Waals surface area contributed by atoms with Crippen LogP contribution < -0.4 is 5.32 Å². The van der Waals surface area contributed by atoms with Crippen molar-refractivity contribution in [3.63, 3.8) is 0 Å². The summed E-state index contributed by atoms with van der Waals surface area (Å²) >= 11 is 0. The Morgan fingerprint density at radius 1 is 1.73 bits per heavy atom. The number of hydrogen-bond donors (Lipinski definition) is 1. The molecule has 0 bridgehead atoms. The normalized spacial score (nSPS) is 13.9. The predicted octanol–water partition coefficient (Wildman–Crippen LogP) is 0.585. The standard InChI is InChI=1S/C9H13N3O2.ClH/c1-2-14-9(13)7-6-12-4-3-10-5-8(12)11-7;/h6,10H,2-5H2,1H3;1H. The van der Waals surface area contributed by atoms with Crippen LogP contribution in [0, 0.1) is 0 Å². The van der Waals surface area contributed by atoms with Crippen LogP contribution in [0.5, 0.6) is 0 Å². The maximum absolute atomic E-state index is 11.3. The van der Waals surface area contributed by atoms with E-state index in [2.05, 4.69) is 10.3 Å². The molecule has 6 heteroatoms. The van der Waals surface area contributed by atoms with E-state index in [1.165, 1.54) is 0 Å². The van der Waals surface area contributed by atoms with E-state index < -0.39 is 0 Å². The van der Waals surface area contributed by atoms with Crippen molar-refractivity contribution in [1.82, 2.24) is 14.9 Å². The number of nitrogens with one attached hydrogen (secondary N) is 1. The molecular weight excluding hydrogens is 218 g/mol. The Morgan fingerprint density at radius 3 is 3.20 bits per heavy atom. The van der Waals surface area contributed by atoms with Crippen molar-refractivity contribution in [3.05, 3.63) is 17.7 Å². The van der Waals surface area contributed by atoms with Gasteiger partial charge >= 0.3 is 5.97 Å². The molecule has 0 aliphatic carbocycles. The first-order valence-corrected chi connectivity index (χ1v) is 4.75. The zero-order valence-electron chi connectivity index (χ0n) is 8.52. The van der Waals surface area contributed by atoms with Crippen LogP contribution in [0.25, 0.3) is 0 Å². The van der Waals surface area contributed by atoms with Crippen molar-refractivity contribution < 1.29 is 9.53 Å². The Hall–Kier alpha value is -1.07. The van der Waals surface area contributed by atoms with E-state index in [9.17, 15) is 4.79 Å². The molecule has 1 N–H and O–H groups in total. The van der Waals surface area contributed by atoms with Crippen molar-refractivity contribution in [1.29, 1.82) is 0 Å². The summed E-state index contributed by atoms with van der Waals surface area (Å²) in [6, 6.07) is 0. The summed E-state index contributed by atoms with van der Waals surface area (Å²) in [4.78, 5) is 15.5. The van der Waals surface area contributed by atoms with Crippen molar-refractivity contribution in [2.45, 2.75) is 20.0 Å². The smallest absolute Gasteiger partial charge is 0.358 e. The lowest BCUT2D eigenvalue weighted by atomic mass is 10.4. The highest BCUT2D eigenvalue weighted by Gasteiger charge is 2.16. The first-order valence-electron chi connectivity index (χ1n) is 4.75. The second-order valence-electron chi connectivity index (χ2n) is 3.13. The van der Waals surface area contributed by atoms with Gasteiger partial charge in [-0.15, -0.1) is 12.4 Å². The minimum atomic E-state index is -0.339. The van der Waals surface area contributed by atoms with Crippen LogP contribution in [-0.2, 0) is 17.8 Å². The maximum Gasteiger partial charge on any atom is 0.358 e. The van der Waals surface area contributed by atoms with E-state index in [0.29, 0.717) is 12.3 Å². The van der Waals surface area contributed by atoms with Crippen molar-refractivity contribution >= 4 is 18.4 Å².